The number of rotatable bonds is 4. The molecule has 0 heterocycles. The topological polar surface area (TPSA) is 67.1 Å². The zero-order valence-corrected chi connectivity index (χ0v) is 11.0. The number of nitrogens with two attached hydrogens (primary N) is 1. The molecule has 94 valence electrons. The standard InChI is InChI=1S/C11H15Cl2N3O/c1-2-9(6-14)15-11(17)16-10-4-7(12)3-8(13)5-10/h3-5,9H,2,6,14H2,1H3,(H2,15,16,17). The van der Waals surface area contributed by atoms with E-state index in [1.54, 1.807) is 18.2 Å². The Morgan fingerprint density at radius 1 is 1.35 bits per heavy atom. The maximum atomic E-state index is 11.6. The maximum Gasteiger partial charge on any atom is 0.319 e. The summed E-state index contributed by atoms with van der Waals surface area (Å²) in [7, 11) is 0. The lowest BCUT2D eigenvalue weighted by molar-refractivity contribution is 0.248. The van der Waals surface area contributed by atoms with Crippen molar-refractivity contribution < 1.29 is 4.79 Å². The van der Waals surface area contributed by atoms with Gasteiger partial charge in [0.2, 0.25) is 0 Å². The summed E-state index contributed by atoms with van der Waals surface area (Å²) >= 11 is 11.6. The van der Waals surface area contributed by atoms with Crippen LogP contribution in [0.5, 0.6) is 0 Å². The molecule has 0 aliphatic heterocycles. The summed E-state index contributed by atoms with van der Waals surface area (Å²) in [5.41, 5.74) is 6.04. The summed E-state index contributed by atoms with van der Waals surface area (Å²) in [4.78, 5) is 11.6. The second-order valence-corrected chi connectivity index (χ2v) is 4.47. The van der Waals surface area contributed by atoms with Crippen molar-refractivity contribution in [2.45, 2.75) is 19.4 Å². The van der Waals surface area contributed by atoms with E-state index in [-0.39, 0.29) is 12.1 Å². The molecule has 1 unspecified atom stereocenters. The smallest absolute Gasteiger partial charge is 0.319 e. The fourth-order valence-corrected chi connectivity index (χ4v) is 1.83. The first-order valence-electron chi connectivity index (χ1n) is 5.28. The van der Waals surface area contributed by atoms with Crippen molar-refractivity contribution in [1.29, 1.82) is 0 Å². The van der Waals surface area contributed by atoms with Gasteiger partial charge in [-0.2, -0.15) is 0 Å². The van der Waals surface area contributed by atoms with Gasteiger partial charge in [-0.05, 0) is 24.6 Å². The highest BCUT2D eigenvalue weighted by atomic mass is 35.5. The molecule has 0 saturated heterocycles. The molecule has 1 aromatic carbocycles. The molecule has 4 N–H and O–H groups in total. The number of benzene rings is 1. The molecule has 2 amide bonds. The average Bonchev–Trinajstić information content (AvgIpc) is 2.24. The number of anilines is 1. The van der Waals surface area contributed by atoms with Crippen molar-refractivity contribution in [2.75, 3.05) is 11.9 Å². The summed E-state index contributed by atoms with van der Waals surface area (Å²) in [6.07, 6.45) is 0.778. The Hall–Kier alpha value is -0.970. The summed E-state index contributed by atoms with van der Waals surface area (Å²) in [6, 6.07) is 4.48. The van der Waals surface area contributed by atoms with Gasteiger partial charge < -0.3 is 16.4 Å². The largest absolute Gasteiger partial charge is 0.334 e. The van der Waals surface area contributed by atoms with Crippen LogP contribution in [0.3, 0.4) is 0 Å². The highest BCUT2D eigenvalue weighted by molar-refractivity contribution is 6.35. The molecule has 0 saturated carbocycles. The lowest BCUT2D eigenvalue weighted by Crippen LogP contribution is -2.41. The van der Waals surface area contributed by atoms with Gasteiger partial charge >= 0.3 is 6.03 Å². The lowest BCUT2D eigenvalue weighted by Gasteiger charge is -2.15. The molecule has 0 radical (unpaired) electrons. The van der Waals surface area contributed by atoms with Gasteiger partial charge in [0.1, 0.15) is 0 Å². The van der Waals surface area contributed by atoms with Crippen molar-refractivity contribution in [3.05, 3.63) is 28.2 Å². The molecular formula is C11H15Cl2N3O. The fraction of sp³-hybridized carbons (Fsp3) is 0.364. The van der Waals surface area contributed by atoms with Crippen LogP contribution >= 0.6 is 23.2 Å². The third-order valence-electron chi connectivity index (χ3n) is 2.23. The third kappa shape index (κ3) is 4.81. The van der Waals surface area contributed by atoms with Crippen molar-refractivity contribution in [1.82, 2.24) is 5.32 Å². The molecule has 1 atom stereocenters. The minimum atomic E-state index is -0.319. The van der Waals surface area contributed by atoms with Crippen LogP contribution in [0.2, 0.25) is 10.0 Å². The van der Waals surface area contributed by atoms with Crippen LogP contribution in [0.25, 0.3) is 0 Å². The van der Waals surface area contributed by atoms with Crippen molar-refractivity contribution in [3.8, 4) is 0 Å². The zero-order chi connectivity index (χ0) is 12.8. The second-order valence-electron chi connectivity index (χ2n) is 3.60. The van der Waals surface area contributed by atoms with Gasteiger partial charge in [0.15, 0.2) is 0 Å². The molecule has 17 heavy (non-hydrogen) atoms. The van der Waals surface area contributed by atoms with E-state index < -0.39 is 0 Å². The molecule has 1 aromatic rings. The minimum Gasteiger partial charge on any atom is -0.334 e. The first-order valence-corrected chi connectivity index (χ1v) is 6.04. The molecule has 4 nitrogen and oxygen atoms in total. The third-order valence-corrected chi connectivity index (χ3v) is 2.67. The highest BCUT2D eigenvalue weighted by Crippen LogP contribution is 2.22. The van der Waals surface area contributed by atoms with Gasteiger partial charge in [0.25, 0.3) is 0 Å². The van der Waals surface area contributed by atoms with Crippen LogP contribution in [0.1, 0.15) is 13.3 Å². The van der Waals surface area contributed by atoms with Gasteiger partial charge in [0, 0.05) is 28.3 Å². The molecule has 0 spiro atoms. The van der Waals surface area contributed by atoms with Crippen molar-refractivity contribution in [3.63, 3.8) is 0 Å². The molecule has 0 aliphatic rings. The quantitative estimate of drug-likeness (QED) is 0.791. The van der Waals surface area contributed by atoms with E-state index in [9.17, 15) is 4.79 Å². The second kappa shape index (κ2) is 6.69. The van der Waals surface area contributed by atoms with Crippen LogP contribution in [-0.4, -0.2) is 18.6 Å². The number of carbonyl (C=O) groups excluding carboxylic acids is 1. The van der Waals surface area contributed by atoms with Gasteiger partial charge in [0.05, 0.1) is 0 Å². The normalized spacial score (nSPS) is 12.0. The van der Waals surface area contributed by atoms with Crippen LogP contribution in [0.15, 0.2) is 18.2 Å². The zero-order valence-electron chi connectivity index (χ0n) is 9.47. The van der Waals surface area contributed by atoms with E-state index >= 15 is 0 Å². The summed E-state index contributed by atoms with van der Waals surface area (Å²) < 4.78 is 0. The monoisotopic (exact) mass is 275 g/mol. The van der Waals surface area contributed by atoms with Crippen molar-refractivity contribution in [2.24, 2.45) is 5.73 Å². The van der Waals surface area contributed by atoms with Gasteiger partial charge in [-0.3, -0.25) is 0 Å². The Bertz CT molecular complexity index is 374. The number of amides is 2. The number of carbonyl (C=O) groups is 1. The first kappa shape index (κ1) is 14.1. The number of nitrogens with one attached hydrogen (secondary N) is 2. The average molecular weight is 276 g/mol. The molecule has 0 aromatic heterocycles. The van der Waals surface area contributed by atoms with Crippen molar-refractivity contribution >= 4 is 34.9 Å². The molecule has 0 fully saturated rings. The molecular weight excluding hydrogens is 261 g/mol. The van der Waals surface area contributed by atoms with Crippen LogP contribution in [0.4, 0.5) is 10.5 Å². The van der Waals surface area contributed by atoms with E-state index in [1.807, 2.05) is 6.92 Å². The van der Waals surface area contributed by atoms with Gasteiger partial charge in [-0.1, -0.05) is 30.1 Å². The Morgan fingerprint density at radius 3 is 2.41 bits per heavy atom. The van der Waals surface area contributed by atoms with Crippen LogP contribution < -0.4 is 16.4 Å². The maximum absolute atomic E-state index is 11.6. The Morgan fingerprint density at radius 2 is 1.94 bits per heavy atom. The van der Waals surface area contributed by atoms with Gasteiger partial charge in [-0.15, -0.1) is 0 Å². The Balaban J connectivity index is 2.61. The van der Waals surface area contributed by atoms with Crippen LogP contribution in [-0.2, 0) is 0 Å². The Kier molecular flexibility index (Phi) is 5.55. The van der Waals surface area contributed by atoms with E-state index in [0.29, 0.717) is 22.3 Å². The fourth-order valence-electron chi connectivity index (χ4n) is 1.31. The first-order chi connectivity index (χ1) is 8.05. The molecule has 0 bridgehead atoms. The SMILES string of the molecule is CCC(CN)NC(=O)Nc1cc(Cl)cc(Cl)c1. The number of halogens is 2. The molecule has 0 aliphatic carbocycles. The molecule has 6 heteroatoms. The summed E-state index contributed by atoms with van der Waals surface area (Å²) in [5, 5.41) is 6.33. The van der Waals surface area contributed by atoms with E-state index in [2.05, 4.69) is 10.6 Å². The predicted molar refractivity (Wildman–Crippen MR) is 71.7 cm³/mol. The highest BCUT2D eigenvalue weighted by Gasteiger charge is 2.08. The van der Waals surface area contributed by atoms with E-state index in [1.165, 1.54) is 0 Å². The summed E-state index contributed by atoms with van der Waals surface area (Å²) in [5.74, 6) is 0. The van der Waals surface area contributed by atoms with Gasteiger partial charge in [-0.25, -0.2) is 4.79 Å². The molecule has 1 rings (SSSR count). The summed E-state index contributed by atoms with van der Waals surface area (Å²) in [6.45, 7) is 2.36. The number of hydrogen-bond acceptors (Lipinski definition) is 2. The Labute approximate surface area is 110 Å². The van der Waals surface area contributed by atoms with E-state index in [0.717, 1.165) is 6.42 Å². The lowest BCUT2D eigenvalue weighted by atomic mass is 10.2. The van der Waals surface area contributed by atoms with E-state index in [4.69, 9.17) is 28.9 Å². The number of hydrogen-bond donors (Lipinski definition) is 3. The number of urea groups is 1. The minimum absolute atomic E-state index is 0.0374. The predicted octanol–water partition coefficient (Wildman–Crippen LogP) is 2.85. The van der Waals surface area contributed by atoms with Crippen LogP contribution in [0, 0.1) is 0 Å².